The molecule has 1 N–H and O–H groups in total. The number of rotatable bonds is 4. The molecule has 1 heterocycles. The number of thioether (sulfide) groups is 1. The Bertz CT molecular complexity index is 353. The summed E-state index contributed by atoms with van der Waals surface area (Å²) in [4.78, 5) is 0. The predicted molar refractivity (Wildman–Crippen MR) is 71.2 cm³/mol. The van der Waals surface area contributed by atoms with E-state index in [0.717, 1.165) is 24.6 Å². The van der Waals surface area contributed by atoms with E-state index >= 15 is 0 Å². The van der Waals surface area contributed by atoms with Crippen LogP contribution in [0.15, 0.2) is 22.7 Å². The molecule has 1 saturated heterocycles. The molecule has 16 heavy (non-hydrogen) atoms. The van der Waals surface area contributed by atoms with Gasteiger partial charge in [0.25, 0.3) is 0 Å². The van der Waals surface area contributed by atoms with Crippen molar-refractivity contribution in [2.45, 2.75) is 13.0 Å². The quantitative estimate of drug-likeness (QED) is 0.914. The Morgan fingerprint density at radius 1 is 1.50 bits per heavy atom. The molecule has 0 radical (unpaired) electrons. The maximum atomic E-state index is 13.0. The van der Waals surface area contributed by atoms with Crippen LogP contribution in [-0.4, -0.2) is 18.1 Å². The molecule has 0 aromatic heterocycles. The van der Waals surface area contributed by atoms with Crippen LogP contribution in [0.4, 0.5) is 4.39 Å². The second kappa shape index (κ2) is 6.03. The zero-order chi connectivity index (χ0) is 11.4. The van der Waals surface area contributed by atoms with Crippen molar-refractivity contribution in [3.63, 3.8) is 0 Å². The van der Waals surface area contributed by atoms with Crippen LogP contribution in [-0.2, 0) is 6.54 Å². The highest BCUT2D eigenvalue weighted by molar-refractivity contribution is 9.10. The van der Waals surface area contributed by atoms with E-state index < -0.39 is 0 Å². The van der Waals surface area contributed by atoms with Gasteiger partial charge in [0.05, 0.1) is 4.47 Å². The lowest BCUT2D eigenvalue weighted by Gasteiger charge is -2.10. The normalized spacial score (nSPS) is 20.2. The van der Waals surface area contributed by atoms with Gasteiger partial charge in [0.1, 0.15) is 5.82 Å². The minimum atomic E-state index is -0.198. The van der Waals surface area contributed by atoms with Crippen molar-refractivity contribution < 1.29 is 4.39 Å². The molecule has 88 valence electrons. The van der Waals surface area contributed by atoms with E-state index in [4.69, 9.17) is 0 Å². The summed E-state index contributed by atoms with van der Waals surface area (Å²) in [5.41, 5.74) is 1.12. The van der Waals surface area contributed by atoms with E-state index in [1.807, 2.05) is 23.9 Å². The van der Waals surface area contributed by atoms with Gasteiger partial charge in [-0.2, -0.15) is 11.8 Å². The molecule has 4 heteroatoms. The summed E-state index contributed by atoms with van der Waals surface area (Å²) in [7, 11) is 0. The fourth-order valence-electron chi connectivity index (χ4n) is 1.81. The first-order chi connectivity index (χ1) is 7.75. The average molecular weight is 304 g/mol. The first-order valence-electron chi connectivity index (χ1n) is 5.48. The van der Waals surface area contributed by atoms with Crippen molar-refractivity contribution >= 4 is 27.7 Å². The largest absolute Gasteiger partial charge is 0.312 e. The number of nitrogens with one attached hydrogen (secondary N) is 1. The summed E-state index contributed by atoms with van der Waals surface area (Å²) in [5, 5.41) is 3.43. The maximum absolute atomic E-state index is 13.0. The van der Waals surface area contributed by atoms with Crippen molar-refractivity contribution in [2.75, 3.05) is 18.1 Å². The van der Waals surface area contributed by atoms with E-state index in [2.05, 4.69) is 21.2 Å². The van der Waals surface area contributed by atoms with Crippen molar-refractivity contribution in [3.8, 4) is 0 Å². The smallest absolute Gasteiger partial charge is 0.137 e. The zero-order valence-electron chi connectivity index (χ0n) is 9.01. The number of halogens is 2. The SMILES string of the molecule is Fc1ccc(CNCC2CCSC2)cc1Br. The van der Waals surface area contributed by atoms with Crippen LogP contribution in [0.5, 0.6) is 0 Å². The molecule has 0 bridgehead atoms. The lowest BCUT2D eigenvalue weighted by atomic mass is 10.1. The average Bonchev–Trinajstić information content (AvgIpc) is 2.76. The Hall–Kier alpha value is -0.0600. The zero-order valence-corrected chi connectivity index (χ0v) is 11.4. The minimum Gasteiger partial charge on any atom is -0.312 e. The van der Waals surface area contributed by atoms with Crippen LogP contribution < -0.4 is 5.32 Å². The van der Waals surface area contributed by atoms with Crippen molar-refractivity contribution in [2.24, 2.45) is 5.92 Å². The van der Waals surface area contributed by atoms with Gasteiger partial charge >= 0.3 is 0 Å². The topological polar surface area (TPSA) is 12.0 Å². The summed E-state index contributed by atoms with van der Waals surface area (Å²) in [6.45, 7) is 1.89. The molecule has 0 saturated carbocycles. The molecule has 1 aromatic rings. The maximum Gasteiger partial charge on any atom is 0.137 e. The van der Waals surface area contributed by atoms with Gasteiger partial charge in [0.2, 0.25) is 0 Å². The summed E-state index contributed by atoms with van der Waals surface area (Å²) < 4.78 is 13.5. The summed E-state index contributed by atoms with van der Waals surface area (Å²) in [6, 6.07) is 5.18. The third-order valence-electron chi connectivity index (χ3n) is 2.77. The van der Waals surface area contributed by atoms with Gasteiger partial charge in [-0.25, -0.2) is 4.39 Å². The van der Waals surface area contributed by atoms with Gasteiger partial charge in [0.15, 0.2) is 0 Å². The molecule has 1 nitrogen and oxygen atoms in total. The highest BCUT2D eigenvalue weighted by Crippen LogP contribution is 2.22. The van der Waals surface area contributed by atoms with Crippen LogP contribution >= 0.6 is 27.7 Å². The van der Waals surface area contributed by atoms with E-state index in [9.17, 15) is 4.39 Å². The van der Waals surface area contributed by atoms with Crippen molar-refractivity contribution in [1.82, 2.24) is 5.32 Å². The monoisotopic (exact) mass is 303 g/mol. The Labute approximate surface area is 108 Å². The van der Waals surface area contributed by atoms with Gasteiger partial charge < -0.3 is 5.32 Å². The Kier molecular flexibility index (Phi) is 4.67. The first-order valence-corrected chi connectivity index (χ1v) is 7.43. The molecular formula is C12H15BrFNS. The molecule has 0 aliphatic carbocycles. The van der Waals surface area contributed by atoms with Crippen molar-refractivity contribution in [1.29, 1.82) is 0 Å². The van der Waals surface area contributed by atoms with Crippen LogP contribution in [0, 0.1) is 11.7 Å². The van der Waals surface area contributed by atoms with E-state index in [-0.39, 0.29) is 5.82 Å². The van der Waals surface area contributed by atoms with Crippen LogP contribution in [0.25, 0.3) is 0 Å². The number of benzene rings is 1. The van der Waals surface area contributed by atoms with Crippen LogP contribution in [0.1, 0.15) is 12.0 Å². The molecule has 2 rings (SSSR count). The fraction of sp³-hybridized carbons (Fsp3) is 0.500. The van der Waals surface area contributed by atoms with Crippen LogP contribution in [0.3, 0.4) is 0 Å². The predicted octanol–water partition coefficient (Wildman–Crippen LogP) is 3.43. The molecular weight excluding hydrogens is 289 g/mol. The Morgan fingerprint density at radius 2 is 2.38 bits per heavy atom. The first kappa shape index (κ1) is 12.4. The van der Waals surface area contributed by atoms with Crippen molar-refractivity contribution in [3.05, 3.63) is 34.1 Å². The summed E-state index contributed by atoms with van der Waals surface area (Å²) in [6.07, 6.45) is 1.32. The molecule has 0 amide bonds. The van der Waals surface area contributed by atoms with Gasteiger partial charge in [-0.15, -0.1) is 0 Å². The van der Waals surface area contributed by atoms with Gasteiger partial charge in [-0.3, -0.25) is 0 Å². The molecule has 0 spiro atoms. The Balaban J connectivity index is 1.78. The molecule has 1 atom stereocenters. The Morgan fingerprint density at radius 3 is 3.06 bits per heavy atom. The highest BCUT2D eigenvalue weighted by Gasteiger charge is 2.14. The molecule has 1 aliphatic heterocycles. The second-order valence-electron chi connectivity index (χ2n) is 4.11. The van der Waals surface area contributed by atoms with E-state index in [1.54, 1.807) is 0 Å². The van der Waals surface area contributed by atoms with E-state index in [1.165, 1.54) is 24.0 Å². The summed E-state index contributed by atoms with van der Waals surface area (Å²) >= 11 is 5.23. The summed E-state index contributed by atoms with van der Waals surface area (Å²) in [5.74, 6) is 3.19. The number of hydrogen-bond donors (Lipinski definition) is 1. The molecule has 1 aromatic carbocycles. The van der Waals surface area contributed by atoms with Gasteiger partial charge in [-0.1, -0.05) is 6.07 Å². The fourth-order valence-corrected chi connectivity index (χ4v) is 3.53. The lowest BCUT2D eigenvalue weighted by molar-refractivity contribution is 0.523. The number of hydrogen-bond acceptors (Lipinski definition) is 2. The van der Waals surface area contributed by atoms with Crippen LogP contribution in [0.2, 0.25) is 0 Å². The molecule has 1 unspecified atom stereocenters. The second-order valence-corrected chi connectivity index (χ2v) is 6.11. The third-order valence-corrected chi connectivity index (χ3v) is 4.61. The minimum absolute atomic E-state index is 0.198. The highest BCUT2D eigenvalue weighted by atomic mass is 79.9. The molecule has 1 fully saturated rings. The van der Waals surface area contributed by atoms with Gasteiger partial charge in [0, 0.05) is 6.54 Å². The lowest BCUT2D eigenvalue weighted by Crippen LogP contribution is -2.22. The molecule has 1 aliphatic rings. The standard InChI is InChI=1S/C12H15BrFNS/c13-11-5-9(1-2-12(11)14)6-15-7-10-3-4-16-8-10/h1-2,5,10,15H,3-4,6-8H2. The third kappa shape index (κ3) is 3.47. The van der Waals surface area contributed by atoms with E-state index in [0.29, 0.717) is 4.47 Å². The van der Waals surface area contributed by atoms with Gasteiger partial charge in [-0.05, 0) is 64.0 Å².